The SMILES string of the molecule is CC[C@H](C)[C@@H](NC(=O)COC(=O)c1ccc(-c2ccccc2Cl)o1)C(=O)OC. The van der Waals surface area contributed by atoms with Gasteiger partial charge in [0.25, 0.3) is 5.91 Å². The number of rotatable bonds is 8. The number of furan rings is 1. The molecule has 0 aliphatic heterocycles. The van der Waals surface area contributed by atoms with Crippen LogP contribution < -0.4 is 5.32 Å². The Morgan fingerprint density at radius 2 is 1.89 bits per heavy atom. The van der Waals surface area contributed by atoms with Gasteiger partial charge in [-0.15, -0.1) is 0 Å². The molecular weight excluding hydrogens is 386 g/mol. The molecule has 1 amide bonds. The summed E-state index contributed by atoms with van der Waals surface area (Å²) in [7, 11) is 1.25. The molecule has 0 saturated heterocycles. The molecule has 1 N–H and O–H groups in total. The molecule has 28 heavy (non-hydrogen) atoms. The van der Waals surface area contributed by atoms with E-state index in [-0.39, 0.29) is 11.7 Å². The summed E-state index contributed by atoms with van der Waals surface area (Å²) in [5.74, 6) is -1.74. The first-order valence-corrected chi connectivity index (χ1v) is 9.14. The number of carbonyl (C=O) groups is 3. The minimum Gasteiger partial charge on any atom is -0.467 e. The molecule has 0 fully saturated rings. The van der Waals surface area contributed by atoms with Gasteiger partial charge < -0.3 is 19.2 Å². The highest BCUT2D eigenvalue weighted by atomic mass is 35.5. The van der Waals surface area contributed by atoms with Gasteiger partial charge in [-0.05, 0) is 30.2 Å². The average Bonchev–Trinajstić information content (AvgIpc) is 3.19. The van der Waals surface area contributed by atoms with E-state index < -0.39 is 30.5 Å². The fourth-order valence-corrected chi connectivity index (χ4v) is 2.70. The van der Waals surface area contributed by atoms with Crippen molar-refractivity contribution in [2.24, 2.45) is 5.92 Å². The summed E-state index contributed by atoms with van der Waals surface area (Å²) in [6, 6.07) is 9.26. The van der Waals surface area contributed by atoms with E-state index in [1.807, 2.05) is 13.8 Å². The van der Waals surface area contributed by atoms with E-state index in [1.54, 1.807) is 30.3 Å². The molecule has 7 nitrogen and oxygen atoms in total. The molecule has 1 heterocycles. The van der Waals surface area contributed by atoms with Gasteiger partial charge in [0.1, 0.15) is 11.8 Å². The Labute approximate surface area is 167 Å². The zero-order chi connectivity index (χ0) is 20.7. The lowest BCUT2D eigenvalue weighted by Gasteiger charge is -2.21. The van der Waals surface area contributed by atoms with Crippen LogP contribution in [0.2, 0.25) is 5.02 Å². The van der Waals surface area contributed by atoms with E-state index >= 15 is 0 Å². The summed E-state index contributed by atoms with van der Waals surface area (Å²) in [5.41, 5.74) is 0.635. The first-order valence-electron chi connectivity index (χ1n) is 8.76. The van der Waals surface area contributed by atoms with Crippen LogP contribution in [0.1, 0.15) is 30.8 Å². The van der Waals surface area contributed by atoms with Gasteiger partial charge in [0.05, 0.1) is 12.1 Å². The largest absolute Gasteiger partial charge is 0.467 e. The Morgan fingerprint density at radius 3 is 2.54 bits per heavy atom. The van der Waals surface area contributed by atoms with Gasteiger partial charge in [0.2, 0.25) is 5.76 Å². The number of hydrogen-bond acceptors (Lipinski definition) is 6. The second kappa shape index (κ2) is 9.94. The Balaban J connectivity index is 1.96. The summed E-state index contributed by atoms with van der Waals surface area (Å²) >= 11 is 6.11. The molecule has 150 valence electrons. The number of methoxy groups -OCH3 is 1. The molecule has 8 heteroatoms. The summed E-state index contributed by atoms with van der Waals surface area (Å²) in [4.78, 5) is 36.0. The van der Waals surface area contributed by atoms with E-state index in [0.29, 0.717) is 22.8 Å². The van der Waals surface area contributed by atoms with Gasteiger partial charge in [-0.3, -0.25) is 4.79 Å². The van der Waals surface area contributed by atoms with Crippen molar-refractivity contribution < 1.29 is 28.3 Å². The molecule has 0 saturated carbocycles. The molecule has 1 aromatic heterocycles. The fraction of sp³-hybridized carbons (Fsp3) is 0.350. The molecular formula is C20H22ClNO6. The lowest BCUT2D eigenvalue weighted by Crippen LogP contribution is -2.47. The first-order chi connectivity index (χ1) is 13.4. The van der Waals surface area contributed by atoms with Crippen molar-refractivity contribution in [1.82, 2.24) is 5.32 Å². The standard InChI is InChI=1S/C20H22ClNO6/c1-4-12(2)18(20(25)26-3)22-17(23)11-27-19(24)16-10-9-15(28-16)13-7-5-6-8-14(13)21/h5-10,12,18H,4,11H2,1-3H3,(H,22,23)/t12-,18+/m0/s1. The Bertz CT molecular complexity index is 847. The molecule has 0 unspecified atom stereocenters. The van der Waals surface area contributed by atoms with Crippen LogP contribution in [0, 0.1) is 5.92 Å². The van der Waals surface area contributed by atoms with Crippen LogP contribution in [-0.4, -0.2) is 37.6 Å². The number of amides is 1. The normalized spacial score (nSPS) is 12.7. The van der Waals surface area contributed by atoms with Crippen LogP contribution in [0.25, 0.3) is 11.3 Å². The summed E-state index contributed by atoms with van der Waals surface area (Å²) in [5, 5.41) is 3.01. The van der Waals surface area contributed by atoms with Crippen molar-refractivity contribution in [3.8, 4) is 11.3 Å². The smallest absolute Gasteiger partial charge is 0.374 e. The fourth-order valence-electron chi connectivity index (χ4n) is 2.47. The maximum atomic E-state index is 12.1. The number of halogens is 1. The zero-order valence-electron chi connectivity index (χ0n) is 15.9. The molecule has 2 atom stereocenters. The number of esters is 2. The second-order valence-corrected chi connectivity index (χ2v) is 6.58. The molecule has 0 aliphatic rings. The lowest BCUT2D eigenvalue weighted by atomic mass is 9.99. The number of carbonyl (C=O) groups excluding carboxylic acids is 3. The highest BCUT2D eigenvalue weighted by Crippen LogP contribution is 2.29. The molecule has 0 radical (unpaired) electrons. The molecule has 0 spiro atoms. The van der Waals surface area contributed by atoms with E-state index in [0.717, 1.165) is 0 Å². The van der Waals surface area contributed by atoms with E-state index in [1.165, 1.54) is 13.2 Å². The Hall–Kier alpha value is -2.80. The van der Waals surface area contributed by atoms with Crippen LogP contribution >= 0.6 is 11.6 Å². The average molecular weight is 408 g/mol. The van der Waals surface area contributed by atoms with Gasteiger partial charge in [-0.25, -0.2) is 9.59 Å². The van der Waals surface area contributed by atoms with Gasteiger partial charge in [-0.1, -0.05) is 44.0 Å². The highest BCUT2D eigenvalue weighted by Gasteiger charge is 2.27. The third kappa shape index (κ3) is 5.36. The quantitative estimate of drug-likeness (QED) is 0.673. The van der Waals surface area contributed by atoms with Crippen LogP contribution in [-0.2, 0) is 19.1 Å². The summed E-state index contributed by atoms with van der Waals surface area (Å²) in [6.07, 6.45) is 0.664. The molecule has 2 rings (SSSR count). The predicted molar refractivity (Wildman–Crippen MR) is 103 cm³/mol. The van der Waals surface area contributed by atoms with E-state index in [9.17, 15) is 14.4 Å². The molecule has 2 aromatic rings. The van der Waals surface area contributed by atoms with E-state index in [2.05, 4.69) is 5.32 Å². The van der Waals surface area contributed by atoms with Crippen LogP contribution in [0.5, 0.6) is 0 Å². The first kappa shape index (κ1) is 21.5. The molecule has 0 aliphatic carbocycles. The lowest BCUT2D eigenvalue weighted by molar-refractivity contribution is -0.147. The van der Waals surface area contributed by atoms with Crippen molar-refractivity contribution >= 4 is 29.4 Å². The number of ether oxygens (including phenoxy) is 2. The van der Waals surface area contributed by atoms with Crippen LogP contribution in [0.4, 0.5) is 0 Å². The Morgan fingerprint density at radius 1 is 1.18 bits per heavy atom. The summed E-state index contributed by atoms with van der Waals surface area (Å²) in [6.45, 7) is 3.15. The van der Waals surface area contributed by atoms with Crippen molar-refractivity contribution in [2.75, 3.05) is 13.7 Å². The van der Waals surface area contributed by atoms with Gasteiger partial charge in [-0.2, -0.15) is 0 Å². The Kier molecular flexibility index (Phi) is 7.63. The third-order valence-corrected chi connectivity index (χ3v) is 4.60. The van der Waals surface area contributed by atoms with Crippen molar-refractivity contribution in [3.05, 3.63) is 47.2 Å². The van der Waals surface area contributed by atoms with Crippen molar-refractivity contribution in [3.63, 3.8) is 0 Å². The van der Waals surface area contributed by atoms with Gasteiger partial charge in [0.15, 0.2) is 6.61 Å². The van der Waals surface area contributed by atoms with Gasteiger partial charge >= 0.3 is 11.9 Å². The van der Waals surface area contributed by atoms with Crippen LogP contribution in [0.15, 0.2) is 40.8 Å². The topological polar surface area (TPSA) is 94.8 Å². The second-order valence-electron chi connectivity index (χ2n) is 6.17. The highest BCUT2D eigenvalue weighted by molar-refractivity contribution is 6.33. The molecule has 0 bridgehead atoms. The van der Waals surface area contributed by atoms with E-state index in [4.69, 9.17) is 25.5 Å². The van der Waals surface area contributed by atoms with Crippen molar-refractivity contribution in [2.45, 2.75) is 26.3 Å². The third-order valence-electron chi connectivity index (χ3n) is 4.27. The minimum absolute atomic E-state index is 0.0610. The van der Waals surface area contributed by atoms with Crippen LogP contribution in [0.3, 0.4) is 0 Å². The summed E-state index contributed by atoms with van der Waals surface area (Å²) < 4.78 is 15.1. The maximum Gasteiger partial charge on any atom is 0.374 e. The number of hydrogen-bond donors (Lipinski definition) is 1. The number of nitrogens with one attached hydrogen (secondary N) is 1. The minimum atomic E-state index is -0.809. The monoisotopic (exact) mass is 407 g/mol. The predicted octanol–water partition coefficient (Wildman–Crippen LogP) is 3.46. The van der Waals surface area contributed by atoms with Crippen molar-refractivity contribution in [1.29, 1.82) is 0 Å². The zero-order valence-corrected chi connectivity index (χ0v) is 16.6. The number of benzene rings is 1. The maximum absolute atomic E-state index is 12.1. The molecule has 1 aromatic carbocycles. The van der Waals surface area contributed by atoms with Gasteiger partial charge in [0, 0.05) is 5.56 Å².